The molecule has 23 heavy (non-hydrogen) atoms. The minimum absolute atomic E-state index is 0.0291. The van der Waals surface area contributed by atoms with E-state index in [1.807, 2.05) is 6.08 Å². The molecule has 0 aliphatic heterocycles. The lowest BCUT2D eigenvalue weighted by Gasteiger charge is -2.36. The summed E-state index contributed by atoms with van der Waals surface area (Å²) in [5.74, 6) is 1.88. The molecule has 1 saturated carbocycles. The van der Waals surface area contributed by atoms with Crippen molar-refractivity contribution in [3.8, 4) is 0 Å². The molecule has 0 bridgehead atoms. The highest BCUT2D eigenvalue weighted by molar-refractivity contribution is 5.69. The van der Waals surface area contributed by atoms with E-state index in [4.69, 9.17) is 4.74 Å². The molecule has 134 valence electrons. The van der Waals surface area contributed by atoms with Gasteiger partial charge >= 0.3 is 5.97 Å². The molecule has 1 rings (SSSR count). The number of hydrogen-bond acceptors (Lipinski definition) is 2. The van der Waals surface area contributed by atoms with Crippen LogP contribution in [0.15, 0.2) is 12.7 Å². The van der Waals surface area contributed by atoms with Crippen LogP contribution in [-0.4, -0.2) is 12.1 Å². The SMILES string of the molecule is C=CCCCCCCCCC(=O)O[C@@H]1C[C@H](C)CC[C@H]1C(C)C. The highest BCUT2D eigenvalue weighted by Crippen LogP contribution is 2.35. The first kappa shape index (κ1) is 20.3. The Bertz CT molecular complexity index is 335. The lowest BCUT2D eigenvalue weighted by atomic mass is 9.75. The topological polar surface area (TPSA) is 26.3 Å². The van der Waals surface area contributed by atoms with E-state index in [9.17, 15) is 4.79 Å². The normalized spacial score (nSPS) is 24.6. The largest absolute Gasteiger partial charge is 0.462 e. The Morgan fingerprint density at radius 1 is 1.13 bits per heavy atom. The Hall–Kier alpha value is -0.790. The van der Waals surface area contributed by atoms with Gasteiger partial charge in [0.2, 0.25) is 0 Å². The zero-order chi connectivity index (χ0) is 17.1. The van der Waals surface area contributed by atoms with Crippen molar-refractivity contribution in [3.05, 3.63) is 12.7 Å². The summed E-state index contributed by atoms with van der Waals surface area (Å²) in [7, 11) is 0. The van der Waals surface area contributed by atoms with Gasteiger partial charge in [-0.2, -0.15) is 0 Å². The molecule has 2 nitrogen and oxygen atoms in total. The summed E-state index contributed by atoms with van der Waals surface area (Å²) in [5.41, 5.74) is 0. The van der Waals surface area contributed by atoms with Gasteiger partial charge in [0.1, 0.15) is 6.10 Å². The Balaban J connectivity index is 2.15. The smallest absolute Gasteiger partial charge is 0.306 e. The average molecular weight is 323 g/mol. The standard InChI is InChI=1S/C21H38O2/c1-5-6-7-8-9-10-11-12-13-21(22)23-20-16-18(4)14-15-19(20)17(2)3/h5,17-20H,1,6-16H2,2-4H3/t18-,19+,20-/m1/s1. The number of unbranched alkanes of at least 4 members (excludes halogenated alkanes) is 6. The number of carbonyl (C=O) groups is 1. The lowest BCUT2D eigenvalue weighted by Crippen LogP contribution is -2.35. The van der Waals surface area contributed by atoms with Crippen LogP contribution in [-0.2, 0) is 9.53 Å². The molecule has 1 aliphatic rings. The highest BCUT2D eigenvalue weighted by atomic mass is 16.5. The van der Waals surface area contributed by atoms with E-state index in [1.165, 1.54) is 38.5 Å². The molecular formula is C21H38O2. The quantitative estimate of drug-likeness (QED) is 0.253. The van der Waals surface area contributed by atoms with Gasteiger partial charge in [-0.05, 0) is 49.9 Å². The van der Waals surface area contributed by atoms with Crippen LogP contribution >= 0.6 is 0 Å². The Labute approximate surface area is 144 Å². The summed E-state index contributed by atoms with van der Waals surface area (Å²) in [6.07, 6.45) is 14.6. The molecule has 1 fully saturated rings. The van der Waals surface area contributed by atoms with Crippen LogP contribution in [0.25, 0.3) is 0 Å². The molecule has 0 aromatic carbocycles. The summed E-state index contributed by atoms with van der Waals surface area (Å²) in [4.78, 5) is 12.1. The minimum Gasteiger partial charge on any atom is -0.462 e. The van der Waals surface area contributed by atoms with Crippen LogP contribution in [0.1, 0.15) is 91.4 Å². The van der Waals surface area contributed by atoms with Crippen LogP contribution in [0.4, 0.5) is 0 Å². The van der Waals surface area contributed by atoms with Gasteiger partial charge in [-0.15, -0.1) is 6.58 Å². The van der Waals surface area contributed by atoms with Crippen molar-refractivity contribution in [3.63, 3.8) is 0 Å². The van der Waals surface area contributed by atoms with E-state index >= 15 is 0 Å². The van der Waals surface area contributed by atoms with Gasteiger partial charge in [0.05, 0.1) is 0 Å². The number of allylic oxidation sites excluding steroid dienone is 1. The molecule has 0 spiro atoms. The summed E-state index contributed by atoms with van der Waals surface area (Å²) in [6.45, 7) is 10.5. The van der Waals surface area contributed by atoms with Gasteiger partial charge < -0.3 is 4.74 Å². The molecule has 0 unspecified atom stereocenters. The summed E-state index contributed by atoms with van der Waals surface area (Å²) in [6, 6.07) is 0. The van der Waals surface area contributed by atoms with Gasteiger partial charge in [0.25, 0.3) is 0 Å². The first-order chi connectivity index (χ1) is 11.0. The predicted molar refractivity (Wildman–Crippen MR) is 98.4 cm³/mol. The second-order valence-electron chi connectivity index (χ2n) is 7.80. The number of esters is 1. The maximum absolute atomic E-state index is 12.1. The number of carbonyl (C=O) groups excluding carboxylic acids is 1. The van der Waals surface area contributed by atoms with Gasteiger partial charge in [-0.1, -0.05) is 59.0 Å². The predicted octanol–water partition coefficient (Wildman–Crippen LogP) is 6.30. The number of rotatable bonds is 11. The van der Waals surface area contributed by atoms with E-state index < -0.39 is 0 Å². The molecule has 1 aliphatic carbocycles. The van der Waals surface area contributed by atoms with Crippen molar-refractivity contribution in [1.29, 1.82) is 0 Å². The van der Waals surface area contributed by atoms with Crippen LogP contribution in [0, 0.1) is 17.8 Å². The molecule has 0 amide bonds. The average Bonchev–Trinajstić information content (AvgIpc) is 2.49. The molecule has 0 aromatic heterocycles. The van der Waals surface area contributed by atoms with Crippen molar-refractivity contribution >= 4 is 5.97 Å². The molecular weight excluding hydrogens is 284 g/mol. The van der Waals surface area contributed by atoms with Crippen LogP contribution in [0.2, 0.25) is 0 Å². The van der Waals surface area contributed by atoms with E-state index in [-0.39, 0.29) is 12.1 Å². The Kier molecular flexibility index (Phi) is 10.3. The number of hydrogen-bond donors (Lipinski definition) is 0. The molecule has 0 saturated heterocycles. The monoisotopic (exact) mass is 322 g/mol. The van der Waals surface area contributed by atoms with Crippen molar-refractivity contribution < 1.29 is 9.53 Å². The van der Waals surface area contributed by atoms with Crippen molar-refractivity contribution in [1.82, 2.24) is 0 Å². The third-order valence-electron chi connectivity index (χ3n) is 5.28. The second-order valence-corrected chi connectivity index (χ2v) is 7.80. The molecule has 2 heteroatoms. The fraction of sp³-hybridized carbons (Fsp3) is 0.857. The zero-order valence-electron chi connectivity index (χ0n) is 15.7. The Morgan fingerprint density at radius 3 is 2.43 bits per heavy atom. The Morgan fingerprint density at radius 2 is 1.78 bits per heavy atom. The summed E-state index contributed by atoms with van der Waals surface area (Å²) < 4.78 is 5.85. The molecule has 0 aromatic rings. The maximum Gasteiger partial charge on any atom is 0.306 e. The second kappa shape index (κ2) is 11.7. The fourth-order valence-electron chi connectivity index (χ4n) is 3.74. The molecule has 0 radical (unpaired) electrons. The van der Waals surface area contributed by atoms with E-state index in [0.29, 0.717) is 24.2 Å². The van der Waals surface area contributed by atoms with Crippen LogP contribution in [0.5, 0.6) is 0 Å². The van der Waals surface area contributed by atoms with Crippen LogP contribution in [0.3, 0.4) is 0 Å². The van der Waals surface area contributed by atoms with Gasteiger partial charge in [-0.3, -0.25) is 4.79 Å². The lowest BCUT2D eigenvalue weighted by molar-refractivity contribution is -0.156. The van der Waals surface area contributed by atoms with Gasteiger partial charge in [-0.25, -0.2) is 0 Å². The third-order valence-corrected chi connectivity index (χ3v) is 5.28. The summed E-state index contributed by atoms with van der Waals surface area (Å²) in [5, 5.41) is 0. The van der Waals surface area contributed by atoms with Gasteiger partial charge in [0, 0.05) is 6.42 Å². The maximum atomic E-state index is 12.1. The first-order valence-electron chi connectivity index (χ1n) is 9.85. The molecule has 0 heterocycles. The van der Waals surface area contributed by atoms with E-state index in [1.54, 1.807) is 0 Å². The van der Waals surface area contributed by atoms with Crippen molar-refractivity contribution in [2.45, 2.75) is 97.5 Å². The summed E-state index contributed by atoms with van der Waals surface area (Å²) >= 11 is 0. The van der Waals surface area contributed by atoms with Crippen LogP contribution < -0.4 is 0 Å². The fourth-order valence-corrected chi connectivity index (χ4v) is 3.74. The minimum atomic E-state index is 0.0291. The molecule has 0 N–H and O–H groups in total. The van der Waals surface area contributed by atoms with E-state index in [2.05, 4.69) is 27.4 Å². The van der Waals surface area contributed by atoms with Crippen molar-refractivity contribution in [2.24, 2.45) is 17.8 Å². The zero-order valence-corrected chi connectivity index (χ0v) is 15.7. The van der Waals surface area contributed by atoms with Gasteiger partial charge in [0.15, 0.2) is 0 Å². The van der Waals surface area contributed by atoms with E-state index in [0.717, 1.165) is 25.7 Å². The molecule has 3 atom stereocenters. The van der Waals surface area contributed by atoms with Crippen molar-refractivity contribution in [2.75, 3.05) is 0 Å². The third kappa shape index (κ3) is 8.58. The highest BCUT2D eigenvalue weighted by Gasteiger charge is 2.33. The number of ether oxygens (including phenoxy) is 1. The first-order valence-corrected chi connectivity index (χ1v) is 9.85.